The van der Waals surface area contributed by atoms with Gasteiger partial charge in [0.2, 0.25) is 0 Å². The molecular weight excluding hydrogens is 470 g/mol. The predicted molar refractivity (Wildman–Crippen MR) is 166 cm³/mol. The zero-order chi connectivity index (χ0) is 26.6. The fourth-order valence-corrected chi connectivity index (χ4v) is 6.92. The average molecular weight is 506 g/mol. The first-order valence-corrected chi connectivity index (χ1v) is 14.3. The second-order valence-corrected chi connectivity index (χ2v) is 11.7. The van der Waals surface area contributed by atoms with Gasteiger partial charge in [0.05, 0.1) is 5.69 Å². The van der Waals surface area contributed by atoms with Gasteiger partial charge in [-0.25, -0.2) is 0 Å². The van der Waals surface area contributed by atoms with Gasteiger partial charge in [-0.1, -0.05) is 86.6 Å². The van der Waals surface area contributed by atoms with E-state index in [1.165, 1.54) is 87.3 Å². The number of nitrogens with zero attached hydrogens (tertiary/aromatic N) is 1. The Morgan fingerprint density at radius 2 is 1.13 bits per heavy atom. The number of fused-ring (bicyclic) bond motifs is 4. The molecule has 0 amide bonds. The van der Waals surface area contributed by atoms with Crippen LogP contribution in [0.1, 0.15) is 54.5 Å². The molecule has 192 valence electrons. The first-order valence-electron chi connectivity index (χ1n) is 14.3. The van der Waals surface area contributed by atoms with E-state index < -0.39 is 0 Å². The highest BCUT2D eigenvalue weighted by Crippen LogP contribution is 2.53. The predicted octanol–water partition coefficient (Wildman–Crippen LogP) is 10.3. The van der Waals surface area contributed by atoms with Gasteiger partial charge in [0.25, 0.3) is 0 Å². The smallest absolute Gasteiger partial charge is 0.0543 e. The van der Waals surface area contributed by atoms with E-state index in [9.17, 15) is 0 Å². The summed E-state index contributed by atoms with van der Waals surface area (Å²) in [6.45, 7) is 7.05. The van der Waals surface area contributed by atoms with Crippen molar-refractivity contribution in [2.24, 2.45) is 0 Å². The van der Waals surface area contributed by atoms with Crippen molar-refractivity contribution >= 4 is 17.1 Å². The number of rotatable bonds is 4. The molecular formula is C38H35N. The van der Waals surface area contributed by atoms with E-state index in [2.05, 4.69) is 135 Å². The van der Waals surface area contributed by atoms with E-state index in [1.807, 2.05) is 0 Å². The van der Waals surface area contributed by atoms with Crippen LogP contribution in [-0.2, 0) is 18.3 Å². The number of aryl methyl sites for hydroxylation is 3. The normalized spacial score (nSPS) is 14.8. The quantitative estimate of drug-likeness (QED) is 0.235. The Hall–Kier alpha value is -4.10. The molecule has 0 fully saturated rings. The van der Waals surface area contributed by atoms with Crippen LogP contribution in [0.4, 0.5) is 17.1 Å². The fraction of sp³-hybridized carbons (Fsp3) is 0.211. The maximum Gasteiger partial charge on any atom is 0.0543 e. The fourth-order valence-electron chi connectivity index (χ4n) is 6.92. The lowest BCUT2D eigenvalue weighted by Gasteiger charge is -2.31. The van der Waals surface area contributed by atoms with Gasteiger partial charge in [-0.15, -0.1) is 0 Å². The molecule has 1 heteroatoms. The Morgan fingerprint density at radius 1 is 0.538 bits per heavy atom. The highest BCUT2D eigenvalue weighted by atomic mass is 15.1. The molecule has 0 radical (unpaired) electrons. The minimum atomic E-state index is -0.0663. The third-order valence-electron chi connectivity index (χ3n) is 8.95. The van der Waals surface area contributed by atoms with E-state index in [0.717, 1.165) is 0 Å². The minimum absolute atomic E-state index is 0.0663. The van der Waals surface area contributed by atoms with Gasteiger partial charge in [-0.2, -0.15) is 0 Å². The molecule has 0 spiro atoms. The summed E-state index contributed by atoms with van der Waals surface area (Å²) in [5.41, 5.74) is 16.2. The maximum absolute atomic E-state index is 2.51. The summed E-state index contributed by atoms with van der Waals surface area (Å²) in [7, 11) is 0. The molecule has 0 aliphatic heterocycles. The van der Waals surface area contributed by atoms with Crippen LogP contribution in [0.5, 0.6) is 0 Å². The average Bonchev–Trinajstić information content (AvgIpc) is 3.19. The molecule has 5 aromatic rings. The topological polar surface area (TPSA) is 3.24 Å². The van der Waals surface area contributed by atoms with Crippen LogP contribution >= 0.6 is 0 Å². The van der Waals surface area contributed by atoms with Gasteiger partial charge < -0.3 is 4.90 Å². The lowest BCUT2D eigenvalue weighted by molar-refractivity contribution is 0.660. The second kappa shape index (κ2) is 9.27. The molecule has 0 saturated heterocycles. The molecule has 5 aromatic carbocycles. The summed E-state index contributed by atoms with van der Waals surface area (Å²) < 4.78 is 0. The van der Waals surface area contributed by atoms with Crippen molar-refractivity contribution in [1.29, 1.82) is 0 Å². The van der Waals surface area contributed by atoms with Crippen molar-refractivity contribution in [1.82, 2.24) is 0 Å². The molecule has 0 heterocycles. The third-order valence-corrected chi connectivity index (χ3v) is 8.95. The molecule has 2 aliphatic carbocycles. The molecule has 0 unspecified atom stereocenters. The molecule has 1 nitrogen and oxygen atoms in total. The van der Waals surface area contributed by atoms with Crippen molar-refractivity contribution in [2.75, 3.05) is 4.90 Å². The van der Waals surface area contributed by atoms with Crippen molar-refractivity contribution in [3.8, 4) is 22.3 Å². The Bertz CT molecular complexity index is 1640. The third kappa shape index (κ3) is 3.91. The van der Waals surface area contributed by atoms with Crippen LogP contribution in [-0.4, -0.2) is 0 Å². The van der Waals surface area contributed by atoms with Crippen molar-refractivity contribution in [3.63, 3.8) is 0 Å². The van der Waals surface area contributed by atoms with Crippen LogP contribution in [0.3, 0.4) is 0 Å². The molecule has 39 heavy (non-hydrogen) atoms. The van der Waals surface area contributed by atoms with Crippen LogP contribution in [0, 0.1) is 6.92 Å². The monoisotopic (exact) mass is 505 g/mol. The first-order chi connectivity index (χ1) is 19.0. The van der Waals surface area contributed by atoms with Crippen LogP contribution in [0.25, 0.3) is 22.3 Å². The molecule has 7 rings (SSSR count). The van der Waals surface area contributed by atoms with E-state index in [4.69, 9.17) is 0 Å². The summed E-state index contributed by atoms with van der Waals surface area (Å²) in [4.78, 5) is 2.45. The summed E-state index contributed by atoms with van der Waals surface area (Å²) in [6, 6.07) is 40.6. The first kappa shape index (κ1) is 24.0. The minimum Gasteiger partial charge on any atom is -0.310 e. The van der Waals surface area contributed by atoms with Gasteiger partial charge in [-0.3, -0.25) is 0 Å². The van der Waals surface area contributed by atoms with E-state index in [1.54, 1.807) is 5.56 Å². The molecule has 0 saturated carbocycles. The summed E-state index contributed by atoms with van der Waals surface area (Å²) >= 11 is 0. The summed E-state index contributed by atoms with van der Waals surface area (Å²) in [6.07, 6.45) is 4.97. The number of hydrogen-bond acceptors (Lipinski definition) is 1. The lowest BCUT2D eigenvalue weighted by atomic mass is 9.81. The second-order valence-electron chi connectivity index (χ2n) is 11.7. The van der Waals surface area contributed by atoms with Gasteiger partial charge in [0, 0.05) is 22.4 Å². The SMILES string of the molecule is Cc1cc2c(cc1-c1cc3c(cc1N(c1ccccc1)c1ccccc1)C(C)(C)c1ccccc1-3)CCCC2. The molecule has 0 aromatic heterocycles. The molecule has 0 N–H and O–H groups in total. The van der Waals surface area contributed by atoms with Gasteiger partial charge >= 0.3 is 0 Å². The highest BCUT2D eigenvalue weighted by Gasteiger charge is 2.37. The lowest BCUT2D eigenvalue weighted by Crippen LogP contribution is -2.17. The zero-order valence-corrected chi connectivity index (χ0v) is 23.2. The van der Waals surface area contributed by atoms with E-state index in [-0.39, 0.29) is 5.41 Å². The van der Waals surface area contributed by atoms with E-state index >= 15 is 0 Å². The Labute approximate surface area is 232 Å². The molecule has 2 aliphatic rings. The standard InChI is InChI=1S/C38H35N/c1-26-22-27-14-10-11-15-28(27)23-32(26)34-24-33-31-20-12-13-21-35(31)38(2,3)36(33)25-37(34)39(29-16-6-4-7-17-29)30-18-8-5-9-19-30/h4-9,12-13,16-25H,10-11,14-15H2,1-3H3. The molecule has 0 bridgehead atoms. The number of anilines is 3. The van der Waals surface area contributed by atoms with Crippen molar-refractivity contribution < 1.29 is 0 Å². The van der Waals surface area contributed by atoms with Crippen LogP contribution < -0.4 is 4.90 Å². The Morgan fingerprint density at radius 3 is 1.79 bits per heavy atom. The van der Waals surface area contributed by atoms with Crippen LogP contribution in [0.15, 0.2) is 109 Å². The Balaban J connectivity index is 1.56. The molecule has 0 atom stereocenters. The van der Waals surface area contributed by atoms with Crippen molar-refractivity contribution in [2.45, 2.75) is 51.9 Å². The van der Waals surface area contributed by atoms with Gasteiger partial charge in [0.1, 0.15) is 0 Å². The van der Waals surface area contributed by atoms with Crippen molar-refractivity contribution in [3.05, 3.63) is 137 Å². The van der Waals surface area contributed by atoms with E-state index in [0.29, 0.717) is 0 Å². The number of benzene rings is 5. The Kier molecular flexibility index (Phi) is 5.70. The number of hydrogen-bond donors (Lipinski definition) is 0. The number of para-hydroxylation sites is 2. The summed E-state index contributed by atoms with van der Waals surface area (Å²) in [5, 5.41) is 0. The van der Waals surface area contributed by atoms with Crippen LogP contribution in [0.2, 0.25) is 0 Å². The maximum atomic E-state index is 2.51. The largest absolute Gasteiger partial charge is 0.310 e. The van der Waals surface area contributed by atoms with Gasteiger partial charge in [0.15, 0.2) is 0 Å². The summed E-state index contributed by atoms with van der Waals surface area (Å²) in [5.74, 6) is 0. The zero-order valence-electron chi connectivity index (χ0n) is 23.2. The highest BCUT2D eigenvalue weighted by molar-refractivity contribution is 5.95. The van der Waals surface area contributed by atoms with Gasteiger partial charge in [-0.05, 0) is 114 Å².